The molecule has 1 amide bonds. The molecule has 1 aromatic heterocycles. The van der Waals surface area contributed by atoms with E-state index in [0.717, 1.165) is 31.1 Å². The lowest BCUT2D eigenvalue weighted by molar-refractivity contribution is 0.0948. The van der Waals surface area contributed by atoms with Crippen molar-refractivity contribution in [1.82, 2.24) is 20.4 Å². The number of nitrogens with zero attached hydrogens (tertiary/aromatic N) is 3. The number of thioether (sulfide) groups is 1. The second-order valence-electron chi connectivity index (χ2n) is 4.08. The Morgan fingerprint density at radius 2 is 2.11 bits per heavy atom. The molecular weight excluding hydrogens is 307 g/mol. The number of aromatic nitrogens is 2. The molecule has 1 N–H and O–H groups in total. The summed E-state index contributed by atoms with van der Waals surface area (Å²) in [6.07, 6.45) is 0. The summed E-state index contributed by atoms with van der Waals surface area (Å²) in [6, 6.07) is 1.42. The average molecular weight is 321 g/mol. The van der Waals surface area contributed by atoms with Crippen LogP contribution >= 0.6 is 35.0 Å². The van der Waals surface area contributed by atoms with E-state index in [1.165, 1.54) is 6.07 Å². The van der Waals surface area contributed by atoms with Crippen molar-refractivity contribution < 1.29 is 4.79 Å². The molecule has 0 radical (unpaired) electrons. The van der Waals surface area contributed by atoms with Crippen LogP contribution < -0.4 is 5.32 Å². The lowest BCUT2D eigenvalue weighted by Crippen LogP contribution is -2.39. The molecule has 0 saturated carbocycles. The highest BCUT2D eigenvalue weighted by molar-refractivity contribution is 7.99. The minimum atomic E-state index is -0.270. The SMILES string of the molecule is O=C(NCCN1CCSCC1)c1cc(Cl)nnc1Cl. The molecule has 19 heavy (non-hydrogen) atoms. The summed E-state index contributed by atoms with van der Waals surface area (Å²) in [7, 11) is 0. The van der Waals surface area contributed by atoms with E-state index in [1.54, 1.807) is 0 Å². The van der Waals surface area contributed by atoms with Crippen LogP contribution in [0.5, 0.6) is 0 Å². The lowest BCUT2D eigenvalue weighted by atomic mass is 10.3. The van der Waals surface area contributed by atoms with Crippen molar-refractivity contribution in [3.8, 4) is 0 Å². The number of halogens is 2. The summed E-state index contributed by atoms with van der Waals surface area (Å²) in [5, 5.41) is 10.2. The van der Waals surface area contributed by atoms with E-state index in [9.17, 15) is 4.79 Å². The number of hydrogen-bond donors (Lipinski definition) is 1. The average Bonchev–Trinajstić information content (AvgIpc) is 2.42. The van der Waals surface area contributed by atoms with Gasteiger partial charge in [-0.25, -0.2) is 0 Å². The summed E-state index contributed by atoms with van der Waals surface area (Å²) in [5.41, 5.74) is 0.260. The zero-order valence-corrected chi connectivity index (χ0v) is 12.6. The van der Waals surface area contributed by atoms with Gasteiger partial charge in [-0.05, 0) is 6.07 Å². The van der Waals surface area contributed by atoms with Crippen LogP contribution in [-0.4, -0.2) is 58.7 Å². The van der Waals surface area contributed by atoms with Crippen LogP contribution in [0.15, 0.2) is 6.07 Å². The molecule has 2 heterocycles. The van der Waals surface area contributed by atoms with Crippen molar-refractivity contribution in [2.24, 2.45) is 0 Å². The first-order valence-electron chi connectivity index (χ1n) is 5.94. The summed E-state index contributed by atoms with van der Waals surface area (Å²) < 4.78 is 0. The van der Waals surface area contributed by atoms with Crippen LogP contribution in [0.4, 0.5) is 0 Å². The standard InChI is InChI=1S/C11H14Cl2N4OS/c12-9-7-8(10(13)16-15-9)11(18)14-1-2-17-3-5-19-6-4-17/h7H,1-6H2,(H,14,18). The molecule has 1 fully saturated rings. The third-order valence-electron chi connectivity index (χ3n) is 2.78. The molecule has 0 unspecified atom stereocenters. The Bertz CT molecular complexity index is 454. The third kappa shape index (κ3) is 4.49. The Hall–Kier alpha value is -0.560. The van der Waals surface area contributed by atoms with Gasteiger partial charge < -0.3 is 5.32 Å². The monoisotopic (exact) mass is 320 g/mol. The highest BCUT2D eigenvalue weighted by Crippen LogP contribution is 2.15. The molecule has 104 valence electrons. The molecule has 1 aromatic rings. The molecule has 5 nitrogen and oxygen atoms in total. The zero-order chi connectivity index (χ0) is 13.7. The first-order valence-corrected chi connectivity index (χ1v) is 7.85. The highest BCUT2D eigenvalue weighted by Gasteiger charge is 2.14. The van der Waals surface area contributed by atoms with E-state index in [-0.39, 0.29) is 21.8 Å². The number of rotatable bonds is 4. The second-order valence-corrected chi connectivity index (χ2v) is 6.05. The van der Waals surface area contributed by atoms with E-state index in [0.29, 0.717) is 6.54 Å². The summed E-state index contributed by atoms with van der Waals surface area (Å²) >= 11 is 13.5. The van der Waals surface area contributed by atoms with Gasteiger partial charge in [0.05, 0.1) is 5.56 Å². The fourth-order valence-electron chi connectivity index (χ4n) is 1.76. The van der Waals surface area contributed by atoms with Crippen LogP contribution in [-0.2, 0) is 0 Å². The van der Waals surface area contributed by atoms with Gasteiger partial charge in [0.25, 0.3) is 5.91 Å². The number of nitrogens with one attached hydrogen (secondary N) is 1. The Morgan fingerprint density at radius 1 is 1.37 bits per heavy atom. The molecule has 0 atom stereocenters. The van der Waals surface area contributed by atoms with E-state index in [4.69, 9.17) is 23.2 Å². The first kappa shape index (κ1) is 14.8. The minimum Gasteiger partial charge on any atom is -0.351 e. The summed E-state index contributed by atoms with van der Waals surface area (Å²) in [4.78, 5) is 14.2. The smallest absolute Gasteiger partial charge is 0.254 e. The van der Waals surface area contributed by atoms with Crippen molar-refractivity contribution in [2.75, 3.05) is 37.7 Å². The van der Waals surface area contributed by atoms with Gasteiger partial charge in [-0.1, -0.05) is 23.2 Å². The molecule has 1 aliphatic rings. The van der Waals surface area contributed by atoms with Crippen molar-refractivity contribution >= 4 is 40.9 Å². The topological polar surface area (TPSA) is 58.1 Å². The maximum Gasteiger partial charge on any atom is 0.254 e. The fraction of sp³-hybridized carbons (Fsp3) is 0.545. The molecule has 1 aliphatic heterocycles. The van der Waals surface area contributed by atoms with Crippen LogP contribution in [0, 0.1) is 0 Å². The van der Waals surface area contributed by atoms with Crippen molar-refractivity contribution in [1.29, 1.82) is 0 Å². The van der Waals surface area contributed by atoms with Gasteiger partial charge in [-0.15, -0.1) is 10.2 Å². The van der Waals surface area contributed by atoms with Gasteiger partial charge >= 0.3 is 0 Å². The number of carbonyl (C=O) groups excluding carboxylic acids is 1. The molecular formula is C11H14Cl2N4OS. The summed E-state index contributed by atoms with van der Waals surface area (Å²) in [6.45, 7) is 3.57. The predicted octanol–water partition coefficient (Wildman–Crippen LogP) is 1.56. The van der Waals surface area contributed by atoms with Gasteiger partial charge in [0.15, 0.2) is 10.3 Å². The van der Waals surface area contributed by atoms with Gasteiger partial charge in [0.2, 0.25) is 0 Å². The Balaban J connectivity index is 1.82. The molecule has 1 saturated heterocycles. The summed E-state index contributed by atoms with van der Waals surface area (Å²) in [5.74, 6) is 2.04. The van der Waals surface area contributed by atoms with Gasteiger partial charge in [0.1, 0.15) is 0 Å². The minimum absolute atomic E-state index is 0.0660. The predicted molar refractivity (Wildman–Crippen MR) is 78.2 cm³/mol. The van der Waals surface area contributed by atoms with Crippen LogP contribution in [0.3, 0.4) is 0 Å². The number of hydrogen-bond acceptors (Lipinski definition) is 5. The largest absolute Gasteiger partial charge is 0.351 e. The van der Waals surface area contributed by atoms with Crippen LogP contribution in [0.1, 0.15) is 10.4 Å². The maximum atomic E-state index is 11.9. The van der Waals surface area contributed by atoms with Crippen LogP contribution in [0.2, 0.25) is 10.3 Å². The Morgan fingerprint density at radius 3 is 2.84 bits per heavy atom. The molecule has 0 bridgehead atoms. The quantitative estimate of drug-likeness (QED) is 0.912. The second kappa shape index (κ2) is 7.28. The van der Waals surface area contributed by atoms with E-state index in [2.05, 4.69) is 20.4 Å². The van der Waals surface area contributed by atoms with Crippen molar-refractivity contribution in [3.63, 3.8) is 0 Å². The number of carbonyl (C=O) groups is 1. The van der Waals surface area contributed by atoms with Gasteiger partial charge in [0, 0.05) is 37.7 Å². The van der Waals surface area contributed by atoms with Gasteiger partial charge in [-0.3, -0.25) is 9.69 Å². The maximum absolute atomic E-state index is 11.9. The lowest BCUT2D eigenvalue weighted by Gasteiger charge is -2.25. The van der Waals surface area contributed by atoms with E-state index < -0.39 is 0 Å². The molecule has 0 aliphatic carbocycles. The fourth-order valence-corrected chi connectivity index (χ4v) is 3.06. The van der Waals surface area contributed by atoms with Gasteiger partial charge in [-0.2, -0.15) is 11.8 Å². The van der Waals surface area contributed by atoms with E-state index >= 15 is 0 Å². The molecule has 0 aromatic carbocycles. The zero-order valence-electron chi connectivity index (χ0n) is 10.2. The van der Waals surface area contributed by atoms with Crippen molar-refractivity contribution in [3.05, 3.63) is 21.9 Å². The number of amides is 1. The first-order chi connectivity index (χ1) is 9.16. The Labute approximate surface area is 126 Å². The molecule has 0 spiro atoms. The van der Waals surface area contributed by atoms with E-state index in [1.807, 2.05) is 11.8 Å². The Kier molecular flexibility index (Phi) is 5.69. The molecule has 8 heteroatoms. The third-order valence-corrected chi connectivity index (χ3v) is 4.19. The highest BCUT2D eigenvalue weighted by atomic mass is 35.5. The molecule has 2 rings (SSSR count). The van der Waals surface area contributed by atoms with Crippen LogP contribution in [0.25, 0.3) is 0 Å². The normalized spacial score (nSPS) is 16.3. The van der Waals surface area contributed by atoms with Crippen molar-refractivity contribution in [2.45, 2.75) is 0 Å².